The van der Waals surface area contributed by atoms with Gasteiger partial charge < -0.3 is 10.1 Å². The lowest BCUT2D eigenvalue weighted by atomic mass is 9.97. The Bertz CT molecular complexity index is 921. The summed E-state index contributed by atoms with van der Waals surface area (Å²) in [4.78, 5) is 12.5. The molecule has 3 nitrogen and oxygen atoms in total. The van der Waals surface area contributed by atoms with Crippen LogP contribution in [0.3, 0.4) is 0 Å². The molecule has 0 aliphatic heterocycles. The quantitative estimate of drug-likeness (QED) is 0.643. The predicted octanol–water partition coefficient (Wildman–Crippen LogP) is 4.75. The lowest BCUT2D eigenvalue weighted by molar-refractivity contribution is -0.116. The monoisotopic (exact) mass is 361 g/mol. The van der Waals surface area contributed by atoms with E-state index in [0.717, 1.165) is 16.7 Å². The van der Waals surface area contributed by atoms with Gasteiger partial charge in [-0.15, -0.1) is 0 Å². The van der Waals surface area contributed by atoms with Gasteiger partial charge in [-0.1, -0.05) is 60.7 Å². The number of halogens is 1. The fraction of sp³-hybridized carbons (Fsp3) is 0.0870. The average molecular weight is 361 g/mol. The van der Waals surface area contributed by atoms with Crippen molar-refractivity contribution in [1.82, 2.24) is 5.32 Å². The molecule has 3 aromatic rings. The predicted molar refractivity (Wildman–Crippen MR) is 105 cm³/mol. The molecule has 1 N–H and O–H groups in total. The van der Waals surface area contributed by atoms with Crippen LogP contribution in [0.5, 0.6) is 5.75 Å². The van der Waals surface area contributed by atoms with Crippen molar-refractivity contribution >= 4 is 12.0 Å². The van der Waals surface area contributed by atoms with E-state index in [-0.39, 0.29) is 17.8 Å². The van der Waals surface area contributed by atoms with Gasteiger partial charge in [-0.2, -0.15) is 0 Å². The SMILES string of the molecule is COc1ccccc1C(NC(=O)/C=C/c1ccc(F)cc1)c1ccccc1. The third-order valence-corrected chi connectivity index (χ3v) is 4.17. The van der Waals surface area contributed by atoms with Crippen LogP contribution in [0.15, 0.2) is 84.9 Å². The van der Waals surface area contributed by atoms with Crippen LogP contribution >= 0.6 is 0 Å². The molecule has 0 heterocycles. The van der Waals surface area contributed by atoms with Crippen LogP contribution in [0.2, 0.25) is 0 Å². The summed E-state index contributed by atoms with van der Waals surface area (Å²) >= 11 is 0. The van der Waals surface area contributed by atoms with Gasteiger partial charge >= 0.3 is 0 Å². The van der Waals surface area contributed by atoms with E-state index in [1.54, 1.807) is 25.3 Å². The first kappa shape index (κ1) is 18.4. The summed E-state index contributed by atoms with van der Waals surface area (Å²) in [6.07, 6.45) is 3.09. The molecular weight excluding hydrogens is 341 g/mol. The Balaban J connectivity index is 1.85. The van der Waals surface area contributed by atoms with E-state index >= 15 is 0 Å². The number of amides is 1. The second kappa shape index (κ2) is 8.81. The molecule has 0 saturated heterocycles. The molecule has 1 unspecified atom stereocenters. The smallest absolute Gasteiger partial charge is 0.244 e. The second-order valence-electron chi connectivity index (χ2n) is 5.98. The Morgan fingerprint density at radius 2 is 1.63 bits per heavy atom. The van der Waals surface area contributed by atoms with Gasteiger partial charge in [0.2, 0.25) is 5.91 Å². The topological polar surface area (TPSA) is 38.3 Å². The molecule has 0 spiro atoms. The summed E-state index contributed by atoms with van der Waals surface area (Å²) in [5, 5.41) is 3.03. The van der Waals surface area contributed by atoms with Gasteiger partial charge in [0.05, 0.1) is 13.2 Å². The molecule has 3 rings (SSSR count). The number of hydrogen-bond donors (Lipinski definition) is 1. The number of carbonyl (C=O) groups excluding carboxylic acids is 1. The van der Waals surface area contributed by atoms with Crippen LogP contribution in [0.1, 0.15) is 22.7 Å². The Morgan fingerprint density at radius 1 is 0.963 bits per heavy atom. The van der Waals surface area contributed by atoms with Gasteiger partial charge in [-0.25, -0.2) is 4.39 Å². The zero-order valence-electron chi connectivity index (χ0n) is 14.9. The van der Waals surface area contributed by atoms with E-state index < -0.39 is 0 Å². The maximum Gasteiger partial charge on any atom is 0.244 e. The molecule has 0 aliphatic carbocycles. The summed E-state index contributed by atoms with van der Waals surface area (Å²) in [6, 6.07) is 22.9. The van der Waals surface area contributed by atoms with Gasteiger partial charge in [0.25, 0.3) is 0 Å². The van der Waals surface area contributed by atoms with Gasteiger partial charge in [0.1, 0.15) is 11.6 Å². The summed E-state index contributed by atoms with van der Waals surface area (Å²) in [5.74, 6) is 0.144. The van der Waals surface area contributed by atoms with E-state index in [1.807, 2.05) is 54.6 Å². The number of hydrogen-bond acceptors (Lipinski definition) is 2. The van der Waals surface area contributed by atoms with Crippen molar-refractivity contribution in [2.45, 2.75) is 6.04 Å². The van der Waals surface area contributed by atoms with Crippen molar-refractivity contribution in [2.75, 3.05) is 7.11 Å². The van der Waals surface area contributed by atoms with Gasteiger partial charge in [-0.3, -0.25) is 4.79 Å². The Morgan fingerprint density at radius 3 is 2.33 bits per heavy atom. The van der Waals surface area contributed by atoms with Gasteiger partial charge in [0.15, 0.2) is 0 Å². The van der Waals surface area contributed by atoms with E-state index in [4.69, 9.17) is 4.74 Å². The Hall–Kier alpha value is -3.40. The summed E-state index contributed by atoms with van der Waals surface area (Å²) in [7, 11) is 1.61. The second-order valence-corrected chi connectivity index (χ2v) is 5.98. The van der Waals surface area contributed by atoms with Crippen molar-refractivity contribution in [2.24, 2.45) is 0 Å². The minimum atomic E-state index is -0.354. The molecule has 0 fully saturated rings. The van der Waals surface area contributed by atoms with E-state index in [0.29, 0.717) is 5.75 Å². The number of nitrogens with one attached hydrogen (secondary N) is 1. The number of carbonyl (C=O) groups is 1. The van der Waals surface area contributed by atoms with Crippen LogP contribution in [0.4, 0.5) is 4.39 Å². The maximum absolute atomic E-state index is 13.0. The first-order valence-corrected chi connectivity index (χ1v) is 8.59. The Kier molecular flexibility index (Phi) is 6.00. The highest BCUT2D eigenvalue weighted by Gasteiger charge is 2.19. The van der Waals surface area contributed by atoms with Crippen LogP contribution < -0.4 is 10.1 Å². The Labute approximate surface area is 158 Å². The zero-order chi connectivity index (χ0) is 19.1. The highest BCUT2D eigenvalue weighted by Crippen LogP contribution is 2.29. The average Bonchev–Trinajstić information content (AvgIpc) is 2.72. The van der Waals surface area contributed by atoms with E-state index in [9.17, 15) is 9.18 Å². The lowest BCUT2D eigenvalue weighted by Gasteiger charge is -2.21. The molecule has 4 heteroatoms. The number of methoxy groups -OCH3 is 1. The van der Waals surface area contributed by atoms with Crippen molar-refractivity contribution in [3.63, 3.8) is 0 Å². The molecule has 1 amide bonds. The highest BCUT2D eigenvalue weighted by atomic mass is 19.1. The minimum Gasteiger partial charge on any atom is -0.496 e. The fourth-order valence-electron chi connectivity index (χ4n) is 2.83. The number of benzene rings is 3. The fourth-order valence-corrected chi connectivity index (χ4v) is 2.83. The number of ether oxygens (including phenoxy) is 1. The third-order valence-electron chi connectivity index (χ3n) is 4.17. The minimum absolute atomic E-state index is 0.251. The largest absolute Gasteiger partial charge is 0.496 e. The molecule has 0 bridgehead atoms. The van der Waals surface area contributed by atoms with Crippen LogP contribution in [-0.2, 0) is 4.79 Å². The zero-order valence-corrected chi connectivity index (χ0v) is 14.9. The first-order chi connectivity index (χ1) is 13.2. The molecule has 0 aromatic heterocycles. The summed E-state index contributed by atoms with van der Waals surface area (Å²) < 4.78 is 18.5. The molecule has 27 heavy (non-hydrogen) atoms. The number of para-hydroxylation sites is 1. The molecule has 0 radical (unpaired) electrons. The van der Waals surface area contributed by atoms with Crippen molar-refractivity contribution < 1.29 is 13.9 Å². The molecule has 0 aliphatic rings. The molecule has 1 atom stereocenters. The van der Waals surface area contributed by atoms with Crippen molar-refractivity contribution in [3.05, 3.63) is 107 Å². The first-order valence-electron chi connectivity index (χ1n) is 8.59. The van der Waals surface area contributed by atoms with E-state index in [1.165, 1.54) is 18.2 Å². The van der Waals surface area contributed by atoms with Gasteiger partial charge in [0, 0.05) is 11.6 Å². The normalized spacial score (nSPS) is 11.9. The third kappa shape index (κ3) is 4.82. The number of rotatable bonds is 6. The van der Waals surface area contributed by atoms with Crippen LogP contribution in [0, 0.1) is 5.82 Å². The van der Waals surface area contributed by atoms with Crippen LogP contribution in [0.25, 0.3) is 6.08 Å². The summed E-state index contributed by atoms with van der Waals surface area (Å²) in [5.41, 5.74) is 2.57. The molecule has 136 valence electrons. The molecule has 3 aromatic carbocycles. The van der Waals surface area contributed by atoms with E-state index in [2.05, 4.69) is 5.32 Å². The van der Waals surface area contributed by atoms with Crippen LogP contribution in [-0.4, -0.2) is 13.0 Å². The van der Waals surface area contributed by atoms with Gasteiger partial charge in [-0.05, 0) is 35.4 Å². The maximum atomic E-state index is 13.0. The molecule has 0 saturated carbocycles. The summed E-state index contributed by atoms with van der Waals surface area (Å²) in [6.45, 7) is 0. The lowest BCUT2D eigenvalue weighted by Crippen LogP contribution is -2.28. The van der Waals surface area contributed by atoms with Crippen molar-refractivity contribution in [3.8, 4) is 5.75 Å². The highest BCUT2D eigenvalue weighted by molar-refractivity contribution is 5.92. The molecular formula is C23H20FNO2. The standard InChI is InChI=1S/C23H20FNO2/c1-27-21-10-6-5-9-20(21)23(18-7-3-2-4-8-18)25-22(26)16-13-17-11-14-19(24)15-12-17/h2-16,23H,1H3,(H,25,26)/b16-13+. The van der Waals surface area contributed by atoms with Crippen molar-refractivity contribution in [1.29, 1.82) is 0 Å².